The number of anilines is 1. The van der Waals surface area contributed by atoms with Crippen molar-refractivity contribution in [1.82, 2.24) is 19.9 Å². The van der Waals surface area contributed by atoms with Gasteiger partial charge >= 0.3 is 6.18 Å². The van der Waals surface area contributed by atoms with Gasteiger partial charge in [0.1, 0.15) is 22.9 Å². The lowest BCUT2D eigenvalue weighted by atomic mass is 9.93. The van der Waals surface area contributed by atoms with Crippen LogP contribution in [0.2, 0.25) is 0 Å². The van der Waals surface area contributed by atoms with E-state index in [-0.39, 0.29) is 18.0 Å². The van der Waals surface area contributed by atoms with E-state index in [2.05, 4.69) is 25.6 Å². The number of aliphatic hydroxyl groups excluding tert-OH is 1. The topological polar surface area (TPSA) is 123 Å². The van der Waals surface area contributed by atoms with E-state index in [1.807, 2.05) is 35.9 Å². The molecular weight excluding hydrogens is 487 g/mol. The zero-order chi connectivity index (χ0) is 26.4. The van der Waals surface area contributed by atoms with Gasteiger partial charge in [0.15, 0.2) is 6.10 Å². The molecule has 4 rings (SSSR count). The molecule has 0 radical (unpaired) electrons. The van der Waals surface area contributed by atoms with Crippen LogP contribution in [0.1, 0.15) is 25.7 Å². The fourth-order valence-electron chi connectivity index (χ4n) is 4.15. The molecule has 0 saturated heterocycles. The van der Waals surface area contributed by atoms with Crippen molar-refractivity contribution >= 4 is 28.4 Å². The monoisotopic (exact) mass is 517 g/mol. The van der Waals surface area contributed by atoms with Gasteiger partial charge in [-0.25, -0.2) is 15.0 Å². The number of pyridine rings is 1. The number of hydrogen-bond acceptors (Lipinski definition) is 7. The molecule has 0 aliphatic heterocycles. The highest BCUT2D eigenvalue weighted by atomic mass is 19.4. The standard InChI is InChI=1S/C25H30F3N7O2/c1-35-15-33-24-19(34-22(29)9-11-31-23-4-2-3-10-30-23)12-18(13-20(24)35)37-17-7-5-16(6-8-17)32-14-21(36)25(26,27)28/h2-4,9-13,15-17,21,32,36H,5-8,14H2,1H3,(H2,29,34)(H,30,31)/b11-9-/t16?,17?,21-/m1/s1. The first kappa shape index (κ1) is 26.4. The Bertz CT molecular complexity index is 1240. The predicted octanol–water partition coefficient (Wildman–Crippen LogP) is 3.79. The van der Waals surface area contributed by atoms with Crippen LogP contribution >= 0.6 is 0 Å². The van der Waals surface area contributed by atoms with Crippen molar-refractivity contribution in [2.24, 2.45) is 17.8 Å². The molecule has 5 N–H and O–H groups in total. The number of nitrogens with zero attached hydrogens (tertiary/aromatic N) is 4. The second-order valence-corrected chi connectivity index (χ2v) is 8.95. The molecule has 9 nitrogen and oxygen atoms in total. The summed E-state index contributed by atoms with van der Waals surface area (Å²) < 4.78 is 45.7. The van der Waals surface area contributed by atoms with Gasteiger partial charge in [0.05, 0.1) is 23.6 Å². The maximum Gasteiger partial charge on any atom is 0.415 e. The number of nitrogens with two attached hydrogens (primary N) is 1. The highest BCUT2D eigenvalue weighted by molar-refractivity contribution is 5.97. The number of aliphatic imine (C=N–C) groups is 1. The number of aliphatic hydroxyl groups is 1. The number of aryl methyl sites for hydroxylation is 1. The summed E-state index contributed by atoms with van der Waals surface area (Å²) in [6.07, 6.45) is 2.21. The number of halogens is 3. The van der Waals surface area contributed by atoms with E-state index in [1.54, 1.807) is 30.9 Å². The van der Waals surface area contributed by atoms with Crippen molar-refractivity contribution in [3.8, 4) is 5.75 Å². The predicted molar refractivity (Wildman–Crippen MR) is 136 cm³/mol. The average Bonchev–Trinajstić information content (AvgIpc) is 3.24. The summed E-state index contributed by atoms with van der Waals surface area (Å²) in [4.78, 5) is 13.1. The Hall–Kier alpha value is -3.64. The second-order valence-electron chi connectivity index (χ2n) is 8.95. The third kappa shape index (κ3) is 7.20. The molecule has 0 unspecified atom stereocenters. The summed E-state index contributed by atoms with van der Waals surface area (Å²) in [5, 5.41) is 15.0. The number of imidazole rings is 1. The fraction of sp³-hybridized carbons (Fsp3) is 0.400. The molecule has 2 aromatic heterocycles. The molecule has 0 spiro atoms. The maximum absolute atomic E-state index is 12.5. The van der Waals surface area contributed by atoms with Crippen LogP contribution in [-0.4, -0.2) is 56.4 Å². The average molecular weight is 518 g/mol. The summed E-state index contributed by atoms with van der Waals surface area (Å²) in [7, 11) is 1.87. The Balaban J connectivity index is 1.40. The largest absolute Gasteiger partial charge is 0.490 e. The first-order valence-corrected chi connectivity index (χ1v) is 12.0. The second kappa shape index (κ2) is 11.6. The third-order valence-corrected chi connectivity index (χ3v) is 6.14. The molecule has 1 atom stereocenters. The quantitative estimate of drug-likeness (QED) is 0.252. The van der Waals surface area contributed by atoms with Crippen LogP contribution in [0.5, 0.6) is 5.75 Å². The number of amidine groups is 1. The number of rotatable bonds is 9. The molecule has 1 aromatic carbocycles. The normalized spacial score (nSPS) is 19.9. The van der Waals surface area contributed by atoms with E-state index in [9.17, 15) is 18.3 Å². The minimum atomic E-state index is -4.62. The van der Waals surface area contributed by atoms with Crippen LogP contribution in [0.25, 0.3) is 11.0 Å². The maximum atomic E-state index is 12.5. The molecule has 37 heavy (non-hydrogen) atoms. The first-order chi connectivity index (χ1) is 17.7. The van der Waals surface area contributed by atoms with Crippen molar-refractivity contribution in [3.05, 3.63) is 55.1 Å². The van der Waals surface area contributed by atoms with E-state index in [0.29, 0.717) is 48.5 Å². The Morgan fingerprint density at radius 2 is 2.05 bits per heavy atom. The molecule has 12 heteroatoms. The van der Waals surface area contributed by atoms with Crippen LogP contribution in [0.4, 0.5) is 24.7 Å². The van der Waals surface area contributed by atoms with E-state index in [1.165, 1.54) is 0 Å². The Morgan fingerprint density at radius 1 is 1.27 bits per heavy atom. The van der Waals surface area contributed by atoms with Gasteiger partial charge in [0, 0.05) is 44.2 Å². The number of aromatic nitrogens is 3. The van der Waals surface area contributed by atoms with E-state index in [4.69, 9.17) is 10.5 Å². The lowest BCUT2D eigenvalue weighted by Crippen LogP contribution is -2.44. The molecule has 1 aliphatic rings. The third-order valence-electron chi connectivity index (χ3n) is 6.14. The van der Waals surface area contributed by atoms with E-state index < -0.39 is 18.8 Å². The summed E-state index contributed by atoms with van der Waals surface area (Å²) in [5.41, 5.74) is 8.20. The molecule has 0 bridgehead atoms. The summed E-state index contributed by atoms with van der Waals surface area (Å²) >= 11 is 0. The molecule has 1 saturated carbocycles. The summed E-state index contributed by atoms with van der Waals surface area (Å²) in [5.74, 6) is 1.55. The van der Waals surface area contributed by atoms with Crippen LogP contribution in [0.15, 0.2) is 60.1 Å². The van der Waals surface area contributed by atoms with Crippen LogP contribution in [0, 0.1) is 0 Å². The van der Waals surface area contributed by atoms with Crippen LogP contribution in [-0.2, 0) is 7.05 Å². The first-order valence-electron chi connectivity index (χ1n) is 12.0. The number of fused-ring (bicyclic) bond motifs is 1. The number of benzene rings is 1. The van der Waals surface area contributed by atoms with Gasteiger partial charge < -0.3 is 30.8 Å². The van der Waals surface area contributed by atoms with Crippen LogP contribution < -0.4 is 21.1 Å². The highest BCUT2D eigenvalue weighted by Gasteiger charge is 2.38. The van der Waals surface area contributed by atoms with Crippen molar-refractivity contribution in [2.75, 3.05) is 11.9 Å². The van der Waals surface area contributed by atoms with Crippen molar-refractivity contribution in [1.29, 1.82) is 0 Å². The van der Waals surface area contributed by atoms with E-state index >= 15 is 0 Å². The lowest BCUT2D eigenvalue weighted by Gasteiger charge is -2.30. The van der Waals surface area contributed by atoms with Gasteiger partial charge in [-0.15, -0.1) is 0 Å². The fourth-order valence-corrected chi connectivity index (χ4v) is 4.15. The Kier molecular flexibility index (Phi) is 8.29. The Labute approximate surface area is 212 Å². The molecular formula is C25H30F3N7O2. The smallest absolute Gasteiger partial charge is 0.415 e. The van der Waals surface area contributed by atoms with Crippen LogP contribution in [0.3, 0.4) is 0 Å². The van der Waals surface area contributed by atoms with Crippen molar-refractivity contribution < 1.29 is 23.0 Å². The molecule has 3 aromatic rings. The minimum absolute atomic E-state index is 0.0899. The van der Waals surface area contributed by atoms with Gasteiger partial charge in [0.2, 0.25) is 0 Å². The zero-order valence-electron chi connectivity index (χ0n) is 20.3. The van der Waals surface area contributed by atoms with Gasteiger partial charge in [-0.1, -0.05) is 6.07 Å². The minimum Gasteiger partial charge on any atom is -0.490 e. The number of hydrogen-bond donors (Lipinski definition) is 4. The summed E-state index contributed by atoms with van der Waals surface area (Å²) in [6, 6.07) is 9.09. The van der Waals surface area contributed by atoms with E-state index in [0.717, 1.165) is 5.52 Å². The molecule has 198 valence electrons. The molecule has 2 heterocycles. The number of alkyl halides is 3. The van der Waals surface area contributed by atoms with Gasteiger partial charge in [-0.05, 0) is 43.9 Å². The van der Waals surface area contributed by atoms with Crippen molar-refractivity contribution in [2.45, 2.75) is 50.1 Å². The van der Waals surface area contributed by atoms with Crippen molar-refractivity contribution in [3.63, 3.8) is 0 Å². The lowest BCUT2D eigenvalue weighted by molar-refractivity contribution is -0.202. The molecule has 1 aliphatic carbocycles. The highest BCUT2D eigenvalue weighted by Crippen LogP contribution is 2.33. The number of ether oxygens (including phenoxy) is 1. The van der Waals surface area contributed by atoms with Gasteiger partial charge in [0.25, 0.3) is 0 Å². The molecule has 0 amide bonds. The zero-order valence-corrected chi connectivity index (χ0v) is 20.3. The Morgan fingerprint density at radius 3 is 2.76 bits per heavy atom. The molecule has 1 fully saturated rings. The summed E-state index contributed by atoms with van der Waals surface area (Å²) in [6.45, 7) is -0.508. The van der Waals surface area contributed by atoms with Gasteiger partial charge in [-0.3, -0.25) is 0 Å². The SMILES string of the molecule is Cn1cnc2c(N=C(N)/C=C\Nc3ccccn3)cc(OC3CCC(NC[C@@H](O)C(F)(F)F)CC3)cc21. The number of nitrogens with one attached hydrogen (secondary N) is 2. The van der Waals surface area contributed by atoms with Gasteiger partial charge in [-0.2, -0.15) is 13.2 Å².